The SMILES string of the molecule is N#CCc1ccc(NS(=O)(=O)c2cccc3cccnc23)cc1. The number of rotatable bonds is 4. The number of nitrogens with zero attached hydrogens (tertiary/aromatic N) is 2. The van der Waals surface area contributed by atoms with Crippen LogP contribution in [0.5, 0.6) is 0 Å². The van der Waals surface area contributed by atoms with E-state index >= 15 is 0 Å². The van der Waals surface area contributed by atoms with Crippen molar-refractivity contribution < 1.29 is 8.42 Å². The normalized spacial score (nSPS) is 11.1. The predicted molar refractivity (Wildman–Crippen MR) is 88.3 cm³/mol. The average Bonchev–Trinajstić information content (AvgIpc) is 2.56. The summed E-state index contributed by atoms with van der Waals surface area (Å²) in [5, 5.41) is 9.42. The van der Waals surface area contributed by atoms with Crippen LogP contribution in [0.1, 0.15) is 5.56 Å². The summed E-state index contributed by atoms with van der Waals surface area (Å²) in [6, 6.07) is 17.4. The fourth-order valence-electron chi connectivity index (χ4n) is 2.29. The van der Waals surface area contributed by atoms with Crippen LogP contribution in [0, 0.1) is 11.3 Å². The Morgan fingerprint density at radius 2 is 1.78 bits per heavy atom. The number of aromatic nitrogens is 1. The Morgan fingerprint density at radius 1 is 1.04 bits per heavy atom. The number of anilines is 1. The molecular formula is C17H13N3O2S. The molecule has 0 bridgehead atoms. The Bertz CT molecular complexity index is 985. The van der Waals surface area contributed by atoms with Gasteiger partial charge in [0.25, 0.3) is 10.0 Å². The van der Waals surface area contributed by atoms with Crippen molar-refractivity contribution in [1.82, 2.24) is 4.98 Å². The molecule has 0 unspecified atom stereocenters. The van der Waals surface area contributed by atoms with Gasteiger partial charge >= 0.3 is 0 Å². The van der Waals surface area contributed by atoms with Gasteiger partial charge in [0.1, 0.15) is 4.90 Å². The van der Waals surface area contributed by atoms with Crippen LogP contribution in [0.4, 0.5) is 5.69 Å². The number of fused-ring (bicyclic) bond motifs is 1. The van der Waals surface area contributed by atoms with E-state index in [-0.39, 0.29) is 4.90 Å². The van der Waals surface area contributed by atoms with E-state index in [9.17, 15) is 8.42 Å². The molecule has 0 amide bonds. The predicted octanol–water partition coefficient (Wildman–Crippen LogP) is 3.10. The van der Waals surface area contributed by atoms with Crippen molar-refractivity contribution in [3.63, 3.8) is 0 Å². The maximum atomic E-state index is 12.6. The molecule has 0 fully saturated rings. The van der Waals surface area contributed by atoms with E-state index in [1.54, 1.807) is 42.6 Å². The number of hydrogen-bond acceptors (Lipinski definition) is 4. The molecule has 0 aliphatic rings. The fourth-order valence-corrected chi connectivity index (χ4v) is 3.52. The number of pyridine rings is 1. The van der Waals surface area contributed by atoms with Gasteiger partial charge in [-0.2, -0.15) is 5.26 Å². The minimum Gasteiger partial charge on any atom is -0.280 e. The first-order chi connectivity index (χ1) is 11.1. The summed E-state index contributed by atoms with van der Waals surface area (Å²) in [6.07, 6.45) is 1.86. The molecular weight excluding hydrogens is 310 g/mol. The van der Waals surface area contributed by atoms with Gasteiger partial charge in [-0.05, 0) is 29.8 Å². The number of para-hydroxylation sites is 1. The van der Waals surface area contributed by atoms with Crippen LogP contribution in [0.3, 0.4) is 0 Å². The third-order valence-electron chi connectivity index (χ3n) is 3.37. The van der Waals surface area contributed by atoms with E-state index in [2.05, 4.69) is 15.8 Å². The van der Waals surface area contributed by atoms with E-state index in [4.69, 9.17) is 5.26 Å². The molecule has 0 atom stereocenters. The largest absolute Gasteiger partial charge is 0.280 e. The molecule has 0 aliphatic heterocycles. The first-order valence-corrected chi connectivity index (χ1v) is 8.41. The van der Waals surface area contributed by atoms with E-state index < -0.39 is 10.0 Å². The van der Waals surface area contributed by atoms with Crippen LogP contribution in [-0.2, 0) is 16.4 Å². The van der Waals surface area contributed by atoms with Crippen molar-refractivity contribution >= 4 is 26.6 Å². The highest BCUT2D eigenvalue weighted by Crippen LogP contribution is 2.23. The van der Waals surface area contributed by atoms with Gasteiger partial charge in [0.2, 0.25) is 0 Å². The fraction of sp³-hybridized carbons (Fsp3) is 0.0588. The van der Waals surface area contributed by atoms with Crippen molar-refractivity contribution in [2.75, 3.05) is 4.72 Å². The van der Waals surface area contributed by atoms with E-state index in [1.165, 1.54) is 6.07 Å². The van der Waals surface area contributed by atoms with Crippen molar-refractivity contribution in [3.8, 4) is 6.07 Å². The Morgan fingerprint density at radius 3 is 2.52 bits per heavy atom. The second kappa shape index (κ2) is 6.07. The van der Waals surface area contributed by atoms with Crippen LogP contribution in [0.15, 0.2) is 65.7 Å². The molecule has 3 aromatic rings. The first-order valence-electron chi connectivity index (χ1n) is 6.92. The zero-order valence-corrected chi connectivity index (χ0v) is 12.9. The minimum atomic E-state index is -3.74. The molecule has 0 radical (unpaired) electrons. The van der Waals surface area contributed by atoms with Crippen LogP contribution < -0.4 is 4.72 Å². The summed E-state index contributed by atoms with van der Waals surface area (Å²) in [5.41, 5.74) is 1.71. The zero-order chi connectivity index (χ0) is 16.3. The van der Waals surface area contributed by atoms with Gasteiger partial charge in [0, 0.05) is 17.3 Å². The molecule has 23 heavy (non-hydrogen) atoms. The molecule has 0 saturated heterocycles. The average molecular weight is 323 g/mol. The minimum absolute atomic E-state index is 0.136. The molecule has 3 rings (SSSR count). The molecule has 114 valence electrons. The summed E-state index contributed by atoms with van der Waals surface area (Å²) in [6.45, 7) is 0. The molecule has 0 saturated carbocycles. The molecule has 0 spiro atoms. The Kier molecular flexibility index (Phi) is 3.96. The van der Waals surface area contributed by atoms with Crippen molar-refractivity contribution in [3.05, 3.63) is 66.4 Å². The molecule has 1 aromatic heterocycles. The lowest BCUT2D eigenvalue weighted by Gasteiger charge is -2.10. The van der Waals surface area contributed by atoms with Gasteiger partial charge in [-0.25, -0.2) is 8.42 Å². The van der Waals surface area contributed by atoms with Gasteiger partial charge < -0.3 is 0 Å². The third kappa shape index (κ3) is 3.15. The quantitative estimate of drug-likeness (QED) is 0.799. The van der Waals surface area contributed by atoms with Gasteiger partial charge in [-0.1, -0.05) is 30.3 Å². The molecule has 1 heterocycles. The number of nitrogens with one attached hydrogen (secondary N) is 1. The maximum Gasteiger partial charge on any atom is 0.264 e. The smallest absolute Gasteiger partial charge is 0.264 e. The third-order valence-corrected chi connectivity index (χ3v) is 4.79. The van der Waals surface area contributed by atoms with E-state index in [0.717, 1.165) is 10.9 Å². The monoisotopic (exact) mass is 323 g/mol. The van der Waals surface area contributed by atoms with Crippen LogP contribution in [0.2, 0.25) is 0 Å². The highest BCUT2D eigenvalue weighted by atomic mass is 32.2. The second-order valence-electron chi connectivity index (χ2n) is 4.97. The van der Waals surface area contributed by atoms with Gasteiger partial charge in [-0.15, -0.1) is 0 Å². The Hall–Kier alpha value is -2.91. The number of hydrogen-bond donors (Lipinski definition) is 1. The standard InChI is InChI=1S/C17H13N3O2S/c18-11-10-13-6-8-15(9-7-13)20-23(21,22)16-5-1-3-14-4-2-12-19-17(14)16/h1-9,12,20H,10H2. The molecule has 6 heteroatoms. The summed E-state index contributed by atoms with van der Waals surface area (Å²) in [4.78, 5) is 4.31. The second-order valence-corrected chi connectivity index (χ2v) is 6.62. The van der Waals surface area contributed by atoms with E-state index in [0.29, 0.717) is 17.6 Å². The summed E-state index contributed by atoms with van der Waals surface area (Å²) < 4.78 is 27.8. The highest BCUT2D eigenvalue weighted by molar-refractivity contribution is 7.93. The Balaban J connectivity index is 1.96. The first kappa shape index (κ1) is 15.0. The lowest BCUT2D eigenvalue weighted by molar-refractivity contribution is 0.602. The number of sulfonamides is 1. The molecule has 5 nitrogen and oxygen atoms in total. The lowest BCUT2D eigenvalue weighted by Crippen LogP contribution is -2.13. The highest BCUT2D eigenvalue weighted by Gasteiger charge is 2.18. The topological polar surface area (TPSA) is 82.9 Å². The van der Waals surface area contributed by atoms with Crippen LogP contribution >= 0.6 is 0 Å². The van der Waals surface area contributed by atoms with E-state index in [1.807, 2.05) is 12.1 Å². The van der Waals surface area contributed by atoms with Crippen LogP contribution in [-0.4, -0.2) is 13.4 Å². The number of benzene rings is 2. The van der Waals surface area contributed by atoms with Gasteiger partial charge in [-0.3, -0.25) is 9.71 Å². The maximum absolute atomic E-state index is 12.6. The van der Waals surface area contributed by atoms with Crippen molar-refractivity contribution in [2.45, 2.75) is 11.3 Å². The zero-order valence-electron chi connectivity index (χ0n) is 12.1. The molecule has 0 aliphatic carbocycles. The summed E-state index contributed by atoms with van der Waals surface area (Å²) >= 11 is 0. The molecule has 1 N–H and O–H groups in total. The lowest BCUT2D eigenvalue weighted by atomic mass is 10.1. The van der Waals surface area contributed by atoms with Gasteiger partial charge in [0.15, 0.2) is 0 Å². The van der Waals surface area contributed by atoms with Crippen molar-refractivity contribution in [2.24, 2.45) is 0 Å². The number of nitriles is 1. The Labute approximate surface area is 134 Å². The summed E-state index contributed by atoms with van der Waals surface area (Å²) in [7, 11) is -3.74. The van der Waals surface area contributed by atoms with Gasteiger partial charge in [0.05, 0.1) is 18.0 Å². The van der Waals surface area contributed by atoms with Crippen LogP contribution in [0.25, 0.3) is 10.9 Å². The van der Waals surface area contributed by atoms with Crippen molar-refractivity contribution in [1.29, 1.82) is 5.26 Å². The molecule has 2 aromatic carbocycles. The summed E-state index contributed by atoms with van der Waals surface area (Å²) in [5.74, 6) is 0.